The highest BCUT2D eigenvalue weighted by atomic mass is 16.6. The first kappa shape index (κ1) is 16.2. The molecule has 0 unspecified atom stereocenters. The maximum atomic E-state index is 11.9. The Bertz CT molecular complexity index is 548. The minimum Gasteiger partial charge on any atom is -0.393 e. The van der Waals surface area contributed by atoms with Gasteiger partial charge in [0.15, 0.2) is 0 Å². The fourth-order valence-electron chi connectivity index (χ4n) is 2.37. The van der Waals surface area contributed by atoms with Gasteiger partial charge < -0.3 is 15.4 Å². The molecule has 0 atom stereocenters. The zero-order valence-corrected chi connectivity index (χ0v) is 12.6. The molecule has 1 heterocycles. The van der Waals surface area contributed by atoms with Gasteiger partial charge in [-0.2, -0.15) is 0 Å². The van der Waals surface area contributed by atoms with E-state index < -0.39 is 11.9 Å². The molecule has 0 spiro atoms. The predicted molar refractivity (Wildman–Crippen MR) is 81.1 cm³/mol. The molecular weight excluding hydrogens is 284 g/mol. The molecule has 1 saturated heterocycles. The highest BCUT2D eigenvalue weighted by Crippen LogP contribution is 2.15. The van der Waals surface area contributed by atoms with Gasteiger partial charge in [0.2, 0.25) is 5.91 Å². The summed E-state index contributed by atoms with van der Waals surface area (Å²) in [7, 11) is 0. The van der Waals surface area contributed by atoms with Crippen LogP contribution in [0.3, 0.4) is 0 Å². The van der Waals surface area contributed by atoms with Crippen LogP contribution in [0.15, 0.2) is 24.3 Å². The number of carbonyl (C=O) groups excluding carboxylic acids is 3. The molecule has 6 heteroatoms. The molecule has 0 aliphatic carbocycles. The van der Waals surface area contributed by atoms with Gasteiger partial charge >= 0.3 is 11.9 Å². The number of benzene rings is 1. The number of piperidine rings is 1. The van der Waals surface area contributed by atoms with E-state index >= 15 is 0 Å². The number of esters is 2. The standard InChI is InChI=1S/C16H20N2O4/c1-11(19)18-14-4-2-12(3-5-14)10-15(20)22-16(21)13-6-8-17-9-7-13/h2-5,13,17H,6-10H2,1H3,(H,18,19). The van der Waals surface area contributed by atoms with Crippen LogP contribution in [0.4, 0.5) is 5.69 Å². The Balaban J connectivity index is 1.83. The van der Waals surface area contributed by atoms with Crippen LogP contribution in [0.1, 0.15) is 25.3 Å². The molecule has 1 fully saturated rings. The van der Waals surface area contributed by atoms with E-state index in [1.54, 1.807) is 24.3 Å². The topological polar surface area (TPSA) is 84.5 Å². The van der Waals surface area contributed by atoms with E-state index in [4.69, 9.17) is 4.74 Å². The Kier molecular flexibility index (Phi) is 5.66. The molecule has 0 aromatic heterocycles. The lowest BCUT2D eigenvalue weighted by Crippen LogP contribution is -2.33. The summed E-state index contributed by atoms with van der Waals surface area (Å²) in [5, 5.41) is 5.80. The van der Waals surface area contributed by atoms with E-state index in [9.17, 15) is 14.4 Å². The van der Waals surface area contributed by atoms with E-state index in [1.165, 1.54) is 6.92 Å². The van der Waals surface area contributed by atoms with Crippen LogP contribution in [0.25, 0.3) is 0 Å². The van der Waals surface area contributed by atoms with E-state index in [1.807, 2.05) is 0 Å². The van der Waals surface area contributed by atoms with Crippen molar-refractivity contribution in [1.82, 2.24) is 5.32 Å². The second-order valence-corrected chi connectivity index (χ2v) is 5.37. The molecule has 118 valence electrons. The van der Waals surface area contributed by atoms with E-state index in [2.05, 4.69) is 10.6 Å². The molecule has 0 saturated carbocycles. The fourth-order valence-corrected chi connectivity index (χ4v) is 2.37. The van der Waals surface area contributed by atoms with Crippen LogP contribution in [0.2, 0.25) is 0 Å². The second kappa shape index (κ2) is 7.70. The number of anilines is 1. The van der Waals surface area contributed by atoms with Crippen LogP contribution < -0.4 is 10.6 Å². The third kappa shape index (κ3) is 4.96. The van der Waals surface area contributed by atoms with Crippen molar-refractivity contribution in [2.24, 2.45) is 5.92 Å². The lowest BCUT2D eigenvalue weighted by Gasteiger charge is -2.20. The zero-order chi connectivity index (χ0) is 15.9. The first-order valence-corrected chi connectivity index (χ1v) is 7.36. The lowest BCUT2D eigenvalue weighted by molar-refractivity contribution is -0.162. The van der Waals surface area contributed by atoms with Gasteiger partial charge in [-0.25, -0.2) is 0 Å². The molecular formula is C16H20N2O4. The van der Waals surface area contributed by atoms with Crippen LogP contribution >= 0.6 is 0 Å². The fraction of sp³-hybridized carbons (Fsp3) is 0.438. The molecule has 0 bridgehead atoms. The summed E-state index contributed by atoms with van der Waals surface area (Å²) in [5.41, 5.74) is 1.40. The Hall–Kier alpha value is -2.21. The quantitative estimate of drug-likeness (QED) is 0.646. The zero-order valence-electron chi connectivity index (χ0n) is 12.6. The van der Waals surface area contributed by atoms with Crippen LogP contribution in [0, 0.1) is 5.92 Å². The molecule has 1 aromatic rings. The van der Waals surface area contributed by atoms with Gasteiger partial charge in [0, 0.05) is 12.6 Å². The maximum absolute atomic E-state index is 11.9. The van der Waals surface area contributed by atoms with Crippen molar-refractivity contribution < 1.29 is 19.1 Å². The van der Waals surface area contributed by atoms with Gasteiger partial charge in [-0.15, -0.1) is 0 Å². The van der Waals surface area contributed by atoms with Crippen LogP contribution in [-0.2, 0) is 25.5 Å². The van der Waals surface area contributed by atoms with Crippen molar-refractivity contribution in [2.75, 3.05) is 18.4 Å². The van der Waals surface area contributed by atoms with Crippen molar-refractivity contribution in [3.05, 3.63) is 29.8 Å². The molecule has 1 aliphatic rings. The smallest absolute Gasteiger partial charge is 0.317 e. The first-order valence-electron chi connectivity index (χ1n) is 7.36. The molecule has 1 amide bonds. The van der Waals surface area contributed by atoms with Gasteiger partial charge in [0.05, 0.1) is 12.3 Å². The Morgan fingerprint density at radius 2 is 1.82 bits per heavy atom. The SMILES string of the molecule is CC(=O)Nc1ccc(CC(=O)OC(=O)C2CCNCC2)cc1. The molecule has 6 nitrogen and oxygen atoms in total. The normalized spacial score (nSPS) is 15.1. The summed E-state index contributed by atoms with van der Waals surface area (Å²) in [6.07, 6.45) is 1.45. The highest BCUT2D eigenvalue weighted by Gasteiger charge is 2.24. The Morgan fingerprint density at radius 1 is 1.18 bits per heavy atom. The maximum Gasteiger partial charge on any atom is 0.317 e. The first-order chi connectivity index (χ1) is 10.5. The lowest BCUT2D eigenvalue weighted by atomic mass is 9.98. The van der Waals surface area contributed by atoms with Crippen molar-refractivity contribution in [3.8, 4) is 0 Å². The van der Waals surface area contributed by atoms with Crippen molar-refractivity contribution >= 4 is 23.5 Å². The molecule has 22 heavy (non-hydrogen) atoms. The monoisotopic (exact) mass is 304 g/mol. The minimum atomic E-state index is -0.546. The van der Waals surface area contributed by atoms with Gasteiger partial charge in [0.1, 0.15) is 0 Å². The highest BCUT2D eigenvalue weighted by molar-refractivity contribution is 5.89. The average Bonchev–Trinajstić information content (AvgIpc) is 2.49. The van der Waals surface area contributed by atoms with Gasteiger partial charge in [-0.3, -0.25) is 14.4 Å². The van der Waals surface area contributed by atoms with Gasteiger partial charge in [-0.05, 0) is 43.6 Å². The van der Waals surface area contributed by atoms with E-state index in [0.29, 0.717) is 18.5 Å². The summed E-state index contributed by atoms with van der Waals surface area (Å²) in [6.45, 7) is 2.98. The number of hydrogen-bond donors (Lipinski definition) is 2. The average molecular weight is 304 g/mol. The summed E-state index contributed by atoms with van der Waals surface area (Å²) in [4.78, 5) is 34.6. The van der Waals surface area contributed by atoms with Gasteiger partial charge in [-0.1, -0.05) is 12.1 Å². The predicted octanol–water partition coefficient (Wildman–Crippen LogP) is 1.26. The number of hydrogen-bond acceptors (Lipinski definition) is 5. The number of rotatable bonds is 4. The Labute approximate surface area is 129 Å². The minimum absolute atomic E-state index is 0.0388. The number of ether oxygens (including phenoxy) is 1. The summed E-state index contributed by atoms with van der Waals surface area (Å²) < 4.78 is 4.91. The number of carbonyl (C=O) groups is 3. The number of nitrogens with one attached hydrogen (secondary N) is 2. The van der Waals surface area contributed by atoms with E-state index in [0.717, 1.165) is 18.7 Å². The second-order valence-electron chi connectivity index (χ2n) is 5.37. The third-order valence-corrected chi connectivity index (χ3v) is 3.51. The summed E-state index contributed by atoms with van der Waals surface area (Å²) in [5.74, 6) is -1.32. The molecule has 2 rings (SSSR count). The molecule has 1 aliphatic heterocycles. The largest absolute Gasteiger partial charge is 0.393 e. The molecule has 1 aromatic carbocycles. The van der Waals surface area contributed by atoms with Crippen LogP contribution in [-0.4, -0.2) is 30.9 Å². The van der Waals surface area contributed by atoms with Crippen molar-refractivity contribution in [1.29, 1.82) is 0 Å². The van der Waals surface area contributed by atoms with E-state index in [-0.39, 0.29) is 18.2 Å². The Morgan fingerprint density at radius 3 is 2.41 bits per heavy atom. The van der Waals surface area contributed by atoms with Gasteiger partial charge in [0.25, 0.3) is 0 Å². The molecule has 0 radical (unpaired) electrons. The third-order valence-electron chi connectivity index (χ3n) is 3.51. The summed E-state index contributed by atoms with van der Waals surface area (Å²) >= 11 is 0. The van der Waals surface area contributed by atoms with Crippen molar-refractivity contribution in [2.45, 2.75) is 26.2 Å². The summed E-state index contributed by atoms with van der Waals surface area (Å²) in [6, 6.07) is 6.86. The molecule has 2 N–H and O–H groups in total. The number of amides is 1. The van der Waals surface area contributed by atoms with Crippen LogP contribution in [0.5, 0.6) is 0 Å². The van der Waals surface area contributed by atoms with Crippen molar-refractivity contribution in [3.63, 3.8) is 0 Å².